The zero-order valence-electron chi connectivity index (χ0n) is 19.8. The number of aromatic hydroxyl groups is 1. The number of ether oxygens (including phenoxy) is 2. The van der Waals surface area contributed by atoms with Crippen molar-refractivity contribution < 1.29 is 29.0 Å². The summed E-state index contributed by atoms with van der Waals surface area (Å²) in [5.41, 5.74) is 0.899. The summed E-state index contributed by atoms with van der Waals surface area (Å²) >= 11 is 0. The maximum Gasteiger partial charge on any atom is 0.410 e. The highest BCUT2D eigenvalue weighted by Crippen LogP contribution is 2.21. The largest absolute Gasteiger partial charge is 0.508 e. The molecule has 1 heterocycles. The Bertz CT molecular complexity index is 985. The first kappa shape index (κ1) is 25.1. The third kappa shape index (κ3) is 7.23. The van der Waals surface area contributed by atoms with Crippen LogP contribution in [-0.2, 0) is 32.1 Å². The number of amides is 2. The lowest BCUT2D eigenvalue weighted by molar-refractivity contribution is -0.149. The van der Waals surface area contributed by atoms with Gasteiger partial charge >= 0.3 is 12.1 Å². The average molecular weight is 469 g/mol. The van der Waals surface area contributed by atoms with Crippen LogP contribution in [0.2, 0.25) is 0 Å². The van der Waals surface area contributed by atoms with Gasteiger partial charge in [-0.1, -0.05) is 42.5 Å². The van der Waals surface area contributed by atoms with Gasteiger partial charge in [-0.25, -0.2) is 9.59 Å². The molecule has 1 fully saturated rings. The van der Waals surface area contributed by atoms with Crippen molar-refractivity contribution in [2.24, 2.45) is 0 Å². The minimum atomic E-state index is -0.957. The Morgan fingerprint density at radius 3 is 2.38 bits per heavy atom. The van der Waals surface area contributed by atoms with Gasteiger partial charge in [-0.2, -0.15) is 0 Å². The van der Waals surface area contributed by atoms with Crippen molar-refractivity contribution >= 4 is 18.0 Å². The van der Waals surface area contributed by atoms with Crippen molar-refractivity contribution in [2.75, 3.05) is 6.54 Å². The topological polar surface area (TPSA) is 105 Å². The Morgan fingerprint density at radius 2 is 1.74 bits per heavy atom. The number of phenols is 1. The molecule has 0 aliphatic carbocycles. The van der Waals surface area contributed by atoms with E-state index in [0.717, 1.165) is 11.1 Å². The standard InChI is InChI=1S/C26H32N2O6/c1-26(2,3)34-25(32)28-15-7-10-22(28)23(30)27-21(16-18-11-13-20(29)14-12-18)24(31)33-17-19-8-5-4-6-9-19/h4-6,8-9,11-14,21-22,29H,7,10,15-17H2,1-3H3,(H,27,30)/t21-,22-/m0/s1. The third-order valence-electron chi connectivity index (χ3n) is 5.38. The molecule has 1 aliphatic rings. The monoisotopic (exact) mass is 468 g/mol. The third-order valence-corrected chi connectivity index (χ3v) is 5.38. The fraction of sp³-hybridized carbons (Fsp3) is 0.423. The average Bonchev–Trinajstić information content (AvgIpc) is 3.28. The first-order valence-electron chi connectivity index (χ1n) is 11.4. The molecular weight excluding hydrogens is 436 g/mol. The molecule has 3 rings (SSSR count). The fourth-order valence-electron chi connectivity index (χ4n) is 3.74. The van der Waals surface area contributed by atoms with E-state index in [-0.39, 0.29) is 18.8 Å². The molecule has 0 spiro atoms. The van der Waals surface area contributed by atoms with Crippen molar-refractivity contribution in [1.82, 2.24) is 10.2 Å². The minimum absolute atomic E-state index is 0.0785. The number of nitrogens with one attached hydrogen (secondary N) is 1. The molecule has 2 N–H and O–H groups in total. The molecule has 8 heteroatoms. The highest BCUT2D eigenvalue weighted by Gasteiger charge is 2.38. The summed E-state index contributed by atoms with van der Waals surface area (Å²) in [7, 11) is 0. The second-order valence-corrected chi connectivity index (χ2v) is 9.36. The van der Waals surface area contributed by atoms with Crippen LogP contribution in [-0.4, -0.2) is 52.2 Å². The summed E-state index contributed by atoms with van der Waals surface area (Å²) in [5, 5.41) is 12.3. The van der Waals surface area contributed by atoms with Crippen LogP contribution in [0.4, 0.5) is 4.79 Å². The number of carbonyl (C=O) groups excluding carboxylic acids is 3. The first-order chi connectivity index (χ1) is 16.1. The van der Waals surface area contributed by atoms with Crippen LogP contribution >= 0.6 is 0 Å². The highest BCUT2D eigenvalue weighted by molar-refractivity contribution is 5.90. The van der Waals surface area contributed by atoms with Crippen LogP contribution in [0.15, 0.2) is 54.6 Å². The van der Waals surface area contributed by atoms with E-state index in [9.17, 15) is 19.5 Å². The van der Waals surface area contributed by atoms with Gasteiger partial charge < -0.3 is 19.9 Å². The van der Waals surface area contributed by atoms with Crippen LogP contribution in [0.5, 0.6) is 5.75 Å². The molecule has 2 aromatic carbocycles. The lowest BCUT2D eigenvalue weighted by Crippen LogP contribution is -2.52. The smallest absolute Gasteiger partial charge is 0.410 e. The summed E-state index contributed by atoms with van der Waals surface area (Å²) in [6.07, 6.45) is 0.777. The van der Waals surface area contributed by atoms with Gasteiger partial charge in [0.2, 0.25) is 5.91 Å². The number of likely N-dealkylation sites (tertiary alicyclic amines) is 1. The fourth-order valence-corrected chi connectivity index (χ4v) is 3.74. The molecule has 2 atom stereocenters. The highest BCUT2D eigenvalue weighted by atomic mass is 16.6. The summed E-state index contributed by atoms with van der Waals surface area (Å²) in [5.74, 6) is -0.897. The number of carbonyl (C=O) groups is 3. The summed E-state index contributed by atoms with van der Waals surface area (Å²) in [4.78, 5) is 40.1. The Hall–Kier alpha value is -3.55. The minimum Gasteiger partial charge on any atom is -0.508 e. The summed E-state index contributed by atoms with van der Waals surface area (Å²) in [6.45, 7) is 5.80. The molecule has 34 heavy (non-hydrogen) atoms. The van der Waals surface area contributed by atoms with Crippen LogP contribution < -0.4 is 5.32 Å². The molecule has 0 bridgehead atoms. The molecule has 8 nitrogen and oxygen atoms in total. The molecule has 0 unspecified atom stereocenters. The lowest BCUT2D eigenvalue weighted by atomic mass is 10.0. The van der Waals surface area contributed by atoms with Gasteiger partial charge in [0.05, 0.1) is 0 Å². The van der Waals surface area contributed by atoms with Gasteiger partial charge in [-0.15, -0.1) is 0 Å². The molecule has 0 radical (unpaired) electrons. The first-order valence-corrected chi connectivity index (χ1v) is 11.4. The van der Waals surface area contributed by atoms with E-state index in [2.05, 4.69) is 5.32 Å². The quantitative estimate of drug-likeness (QED) is 0.602. The van der Waals surface area contributed by atoms with Crippen molar-refractivity contribution in [3.63, 3.8) is 0 Å². The molecule has 2 amide bonds. The van der Waals surface area contributed by atoms with E-state index >= 15 is 0 Å². The normalized spacial score (nSPS) is 16.6. The van der Waals surface area contributed by atoms with Crippen LogP contribution in [0.1, 0.15) is 44.7 Å². The van der Waals surface area contributed by atoms with Crippen LogP contribution in [0.3, 0.4) is 0 Å². The molecule has 0 saturated carbocycles. The number of nitrogens with zero attached hydrogens (tertiary/aromatic N) is 1. The van der Waals surface area contributed by atoms with Crippen LogP contribution in [0, 0.1) is 0 Å². The van der Waals surface area contributed by atoms with E-state index in [1.165, 1.54) is 17.0 Å². The van der Waals surface area contributed by atoms with E-state index < -0.39 is 35.7 Å². The number of hydrogen-bond acceptors (Lipinski definition) is 6. The number of phenolic OH excluding ortho intramolecular Hbond substituents is 1. The maximum absolute atomic E-state index is 13.2. The van der Waals surface area contributed by atoms with Crippen molar-refractivity contribution in [1.29, 1.82) is 0 Å². The van der Waals surface area contributed by atoms with Gasteiger partial charge in [-0.3, -0.25) is 9.69 Å². The Morgan fingerprint density at radius 1 is 1.06 bits per heavy atom. The van der Waals surface area contributed by atoms with Crippen molar-refractivity contribution in [3.8, 4) is 5.75 Å². The zero-order valence-corrected chi connectivity index (χ0v) is 19.8. The molecular formula is C26H32N2O6. The number of hydrogen-bond donors (Lipinski definition) is 2. The van der Waals surface area contributed by atoms with E-state index in [1.54, 1.807) is 32.9 Å². The van der Waals surface area contributed by atoms with Gasteiger partial charge in [0.25, 0.3) is 0 Å². The SMILES string of the molecule is CC(C)(C)OC(=O)N1CCC[C@H]1C(=O)N[C@@H](Cc1ccc(O)cc1)C(=O)OCc1ccccc1. The van der Waals surface area contributed by atoms with Gasteiger partial charge in [0.1, 0.15) is 30.0 Å². The van der Waals surface area contributed by atoms with Gasteiger partial charge in [0, 0.05) is 13.0 Å². The Labute approximate surface area is 199 Å². The molecule has 182 valence electrons. The molecule has 1 saturated heterocycles. The van der Waals surface area contributed by atoms with Crippen molar-refractivity contribution in [3.05, 3.63) is 65.7 Å². The maximum atomic E-state index is 13.2. The molecule has 2 aromatic rings. The second kappa shape index (κ2) is 11.0. The number of esters is 1. The van der Waals surface area contributed by atoms with E-state index in [4.69, 9.17) is 9.47 Å². The lowest BCUT2D eigenvalue weighted by Gasteiger charge is -2.29. The van der Waals surface area contributed by atoms with Crippen molar-refractivity contribution in [2.45, 2.75) is 64.3 Å². The summed E-state index contributed by atoms with van der Waals surface area (Å²) < 4.78 is 10.9. The Balaban J connectivity index is 1.71. The van der Waals surface area contributed by atoms with Crippen LogP contribution in [0.25, 0.3) is 0 Å². The summed E-state index contributed by atoms with van der Waals surface area (Å²) in [6, 6.07) is 14.0. The molecule has 1 aliphatic heterocycles. The predicted molar refractivity (Wildman–Crippen MR) is 126 cm³/mol. The number of rotatable bonds is 7. The zero-order chi connectivity index (χ0) is 24.7. The van der Waals surface area contributed by atoms with E-state index in [1.807, 2.05) is 30.3 Å². The predicted octanol–water partition coefficient (Wildman–Crippen LogP) is 3.56. The second-order valence-electron chi connectivity index (χ2n) is 9.36. The number of benzene rings is 2. The van der Waals surface area contributed by atoms with Gasteiger partial charge in [-0.05, 0) is 56.9 Å². The molecule has 0 aromatic heterocycles. The van der Waals surface area contributed by atoms with Gasteiger partial charge in [0.15, 0.2) is 0 Å². The van der Waals surface area contributed by atoms with E-state index in [0.29, 0.717) is 19.4 Å². The Kier molecular flexibility index (Phi) is 8.15.